The molecular formula is C13H18N2O. The van der Waals surface area contributed by atoms with Crippen LogP contribution in [0.5, 0.6) is 0 Å². The Morgan fingerprint density at radius 1 is 1.44 bits per heavy atom. The molecule has 1 unspecified atom stereocenters. The van der Waals surface area contributed by atoms with Crippen molar-refractivity contribution in [2.75, 3.05) is 13.1 Å². The summed E-state index contributed by atoms with van der Waals surface area (Å²) >= 11 is 0. The van der Waals surface area contributed by atoms with Gasteiger partial charge in [-0.25, -0.2) is 0 Å². The van der Waals surface area contributed by atoms with Crippen LogP contribution in [0.4, 0.5) is 0 Å². The van der Waals surface area contributed by atoms with E-state index in [0.717, 1.165) is 19.5 Å². The zero-order valence-corrected chi connectivity index (χ0v) is 9.89. The van der Waals surface area contributed by atoms with Crippen molar-refractivity contribution in [3.63, 3.8) is 0 Å². The molecule has 1 amide bonds. The molecule has 1 fully saturated rings. The maximum absolute atomic E-state index is 11.8. The molecule has 0 saturated carbocycles. The van der Waals surface area contributed by atoms with Gasteiger partial charge in [0.05, 0.1) is 0 Å². The Labute approximate surface area is 96.5 Å². The van der Waals surface area contributed by atoms with Gasteiger partial charge in [-0.3, -0.25) is 9.78 Å². The lowest BCUT2D eigenvalue weighted by atomic mass is 10.00. The first-order valence-electron chi connectivity index (χ1n) is 5.87. The zero-order valence-electron chi connectivity index (χ0n) is 9.89. The van der Waals surface area contributed by atoms with Crippen LogP contribution in [0.1, 0.15) is 31.7 Å². The van der Waals surface area contributed by atoms with Crippen LogP contribution < -0.4 is 0 Å². The quantitative estimate of drug-likeness (QED) is 0.761. The van der Waals surface area contributed by atoms with Gasteiger partial charge >= 0.3 is 0 Å². The third kappa shape index (κ3) is 2.23. The lowest BCUT2D eigenvalue weighted by molar-refractivity contribution is -0.133. The molecule has 2 heterocycles. The molecule has 1 atom stereocenters. The number of likely N-dealkylation sites (tertiary alicyclic amines) is 1. The van der Waals surface area contributed by atoms with E-state index in [1.165, 1.54) is 5.56 Å². The summed E-state index contributed by atoms with van der Waals surface area (Å²) in [6, 6.07) is 4.10. The Morgan fingerprint density at radius 3 is 2.75 bits per heavy atom. The van der Waals surface area contributed by atoms with Crippen molar-refractivity contribution in [2.45, 2.75) is 26.2 Å². The average Bonchev–Trinajstić information content (AvgIpc) is 2.78. The van der Waals surface area contributed by atoms with Crippen LogP contribution in [-0.2, 0) is 4.79 Å². The minimum atomic E-state index is 0.108. The van der Waals surface area contributed by atoms with Crippen molar-refractivity contribution in [1.29, 1.82) is 0 Å². The second-order valence-electron chi connectivity index (χ2n) is 4.71. The van der Waals surface area contributed by atoms with Crippen molar-refractivity contribution in [2.24, 2.45) is 5.92 Å². The Hall–Kier alpha value is -1.38. The number of carbonyl (C=O) groups is 1. The van der Waals surface area contributed by atoms with Crippen LogP contribution in [0.2, 0.25) is 0 Å². The summed E-state index contributed by atoms with van der Waals surface area (Å²) in [5.41, 5.74) is 1.30. The van der Waals surface area contributed by atoms with Crippen molar-refractivity contribution >= 4 is 5.91 Å². The maximum Gasteiger partial charge on any atom is 0.225 e. The average molecular weight is 218 g/mol. The third-order valence-corrected chi connectivity index (χ3v) is 3.17. The standard InChI is InChI=1S/C13H18N2O/c1-10(2)13(16)15-8-5-12(9-15)11-3-6-14-7-4-11/h3-4,6-7,10,12H,5,8-9H2,1-2H3. The molecule has 16 heavy (non-hydrogen) atoms. The molecule has 0 spiro atoms. The first-order chi connectivity index (χ1) is 7.68. The number of rotatable bonds is 2. The second kappa shape index (κ2) is 4.64. The van der Waals surface area contributed by atoms with Gasteiger partial charge in [0.1, 0.15) is 0 Å². The van der Waals surface area contributed by atoms with Gasteiger partial charge in [-0.05, 0) is 24.1 Å². The van der Waals surface area contributed by atoms with E-state index in [1.54, 1.807) is 0 Å². The number of hydrogen-bond donors (Lipinski definition) is 0. The highest BCUT2D eigenvalue weighted by Crippen LogP contribution is 2.27. The maximum atomic E-state index is 11.8. The van der Waals surface area contributed by atoms with Gasteiger partial charge in [0.15, 0.2) is 0 Å². The van der Waals surface area contributed by atoms with Crippen molar-refractivity contribution in [3.05, 3.63) is 30.1 Å². The minimum Gasteiger partial charge on any atom is -0.342 e. The highest BCUT2D eigenvalue weighted by Gasteiger charge is 2.28. The molecule has 0 N–H and O–H groups in total. The number of hydrogen-bond acceptors (Lipinski definition) is 2. The second-order valence-corrected chi connectivity index (χ2v) is 4.71. The van der Waals surface area contributed by atoms with Gasteiger partial charge in [0.2, 0.25) is 5.91 Å². The predicted octanol–water partition coefficient (Wildman–Crippen LogP) is 2.05. The van der Waals surface area contributed by atoms with Gasteiger partial charge in [0.25, 0.3) is 0 Å². The molecule has 1 aromatic rings. The van der Waals surface area contributed by atoms with Gasteiger partial charge in [-0.15, -0.1) is 0 Å². The minimum absolute atomic E-state index is 0.108. The molecule has 3 heteroatoms. The first kappa shape index (κ1) is 11.1. The summed E-state index contributed by atoms with van der Waals surface area (Å²) in [6.45, 7) is 5.68. The molecular weight excluding hydrogens is 200 g/mol. The summed E-state index contributed by atoms with van der Waals surface area (Å²) in [4.78, 5) is 17.8. The lowest BCUT2D eigenvalue weighted by Gasteiger charge is -2.18. The highest BCUT2D eigenvalue weighted by atomic mass is 16.2. The van der Waals surface area contributed by atoms with Crippen LogP contribution in [0.15, 0.2) is 24.5 Å². The molecule has 2 rings (SSSR count). The number of nitrogens with zero attached hydrogens (tertiary/aromatic N) is 2. The number of amides is 1. The van der Waals surface area contributed by atoms with Crippen LogP contribution >= 0.6 is 0 Å². The summed E-state index contributed by atoms with van der Waals surface area (Å²) in [5.74, 6) is 0.874. The Morgan fingerprint density at radius 2 is 2.12 bits per heavy atom. The van der Waals surface area contributed by atoms with E-state index in [1.807, 2.05) is 43.3 Å². The van der Waals surface area contributed by atoms with Crippen molar-refractivity contribution in [1.82, 2.24) is 9.88 Å². The Kier molecular flexibility index (Phi) is 3.22. The van der Waals surface area contributed by atoms with Crippen LogP contribution in [0.25, 0.3) is 0 Å². The topological polar surface area (TPSA) is 33.2 Å². The van der Waals surface area contributed by atoms with Crippen LogP contribution in [0.3, 0.4) is 0 Å². The van der Waals surface area contributed by atoms with E-state index < -0.39 is 0 Å². The van der Waals surface area contributed by atoms with Gasteiger partial charge in [0, 0.05) is 37.3 Å². The third-order valence-electron chi connectivity index (χ3n) is 3.17. The fourth-order valence-electron chi connectivity index (χ4n) is 2.23. The molecule has 3 nitrogen and oxygen atoms in total. The first-order valence-corrected chi connectivity index (χ1v) is 5.87. The number of carbonyl (C=O) groups excluding carboxylic acids is 1. The smallest absolute Gasteiger partial charge is 0.225 e. The van der Waals surface area contributed by atoms with Crippen molar-refractivity contribution in [3.8, 4) is 0 Å². The zero-order chi connectivity index (χ0) is 11.5. The molecule has 1 saturated heterocycles. The van der Waals surface area contributed by atoms with E-state index in [4.69, 9.17) is 0 Å². The van der Waals surface area contributed by atoms with Crippen LogP contribution in [0, 0.1) is 5.92 Å². The lowest BCUT2D eigenvalue weighted by Crippen LogP contribution is -2.31. The van der Waals surface area contributed by atoms with E-state index in [2.05, 4.69) is 4.98 Å². The van der Waals surface area contributed by atoms with E-state index in [0.29, 0.717) is 5.92 Å². The monoisotopic (exact) mass is 218 g/mol. The fraction of sp³-hybridized carbons (Fsp3) is 0.538. The largest absolute Gasteiger partial charge is 0.342 e. The highest BCUT2D eigenvalue weighted by molar-refractivity contribution is 5.78. The van der Waals surface area contributed by atoms with Gasteiger partial charge in [-0.2, -0.15) is 0 Å². The van der Waals surface area contributed by atoms with E-state index in [9.17, 15) is 4.79 Å². The molecule has 0 aromatic carbocycles. The molecule has 0 bridgehead atoms. The Bertz CT molecular complexity index is 361. The molecule has 1 aliphatic rings. The number of aromatic nitrogens is 1. The van der Waals surface area contributed by atoms with Crippen LogP contribution in [-0.4, -0.2) is 28.9 Å². The SMILES string of the molecule is CC(C)C(=O)N1CCC(c2ccncc2)C1. The summed E-state index contributed by atoms with van der Waals surface area (Å²) in [6.07, 6.45) is 4.72. The molecule has 1 aromatic heterocycles. The van der Waals surface area contributed by atoms with Gasteiger partial charge in [-0.1, -0.05) is 13.8 Å². The van der Waals surface area contributed by atoms with E-state index in [-0.39, 0.29) is 11.8 Å². The predicted molar refractivity (Wildman–Crippen MR) is 63.0 cm³/mol. The Balaban J connectivity index is 2.01. The summed E-state index contributed by atoms with van der Waals surface area (Å²) in [7, 11) is 0. The van der Waals surface area contributed by atoms with Gasteiger partial charge < -0.3 is 4.90 Å². The molecule has 0 radical (unpaired) electrons. The summed E-state index contributed by atoms with van der Waals surface area (Å²) < 4.78 is 0. The van der Waals surface area contributed by atoms with E-state index >= 15 is 0 Å². The molecule has 1 aliphatic heterocycles. The van der Waals surface area contributed by atoms with Crippen molar-refractivity contribution < 1.29 is 4.79 Å². The summed E-state index contributed by atoms with van der Waals surface area (Å²) in [5, 5.41) is 0. The number of pyridine rings is 1. The normalized spacial score (nSPS) is 20.4. The molecule has 86 valence electrons. The fourth-order valence-corrected chi connectivity index (χ4v) is 2.23. The molecule has 0 aliphatic carbocycles.